The fourth-order valence-corrected chi connectivity index (χ4v) is 2.28. The van der Waals surface area contributed by atoms with Crippen molar-refractivity contribution in [2.24, 2.45) is 7.05 Å². The van der Waals surface area contributed by atoms with Crippen molar-refractivity contribution < 1.29 is 23.1 Å². The molecule has 2 rings (SSSR count). The van der Waals surface area contributed by atoms with Gasteiger partial charge in [0.25, 0.3) is 0 Å². The summed E-state index contributed by atoms with van der Waals surface area (Å²) >= 11 is 0. The predicted molar refractivity (Wildman–Crippen MR) is 70.1 cm³/mol. The van der Waals surface area contributed by atoms with Crippen molar-refractivity contribution in [2.75, 3.05) is 0 Å². The Hall–Kier alpha value is -2.31. The third kappa shape index (κ3) is 2.63. The molecule has 7 heteroatoms. The molecule has 0 aliphatic heterocycles. The molecule has 0 aliphatic rings. The van der Waals surface area contributed by atoms with Crippen LogP contribution in [-0.4, -0.2) is 20.9 Å². The lowest BCUT2D eigenvalue weighted by Crippen LogP contribution is -2.09. The largest absolute Gasteiger partial charge is 0.478 e. The van der Waals surface area contributed by atoms with Crippen LogP contribution in [0.1, 0.15) is 27.3 Å². The average molecular weight is 298 g/mol. The van der Waals surface area contributed by atoms with Crippen LogP contribution in [0, 0.1) is 13.8 Å². The van der Waals surface area contributed by atoms with Crippen molar-refractivity contribution in [3.8, 4) is 11.1 Å². The molecule has 1 heterocycles. The van der Waals surface area contributed by atoms with Gasteiger partial charge in [-0.25, -0.2) is 4.79 Å². The second-order valence-electron chi connectivity index (χ2n) is 4.73. The van der Waals surface area contributed by atoms with Crippen LogP contribution in [-0.2, 0) is 13.2 Å². The van der Waals surface area contributed by atoms with Gasteiger partial charge in [-0.2, -0.15) is 18.3 Å². The van der Waals surface area contributed by atoms with E-state index in [9.17, 15) is 23.1 Å². The second kappa shape index (κ2) is 4.91. The molecule has 0 spiro atoms. The molecule has 1 N–H and O–H groups in total. The Kier molecular flexibility index (Phi) is 3.52. The van der Waals surface area contributed by atoms with E-state index in [1.165, 1.54) is 6.07 Å². The zero-order valence-electron chi connectivity index (χ0n) is 11.6. The normalized spacial score (nSPS) is 11.7. The highest BCUT2D eigenvalue weighted by Gasteiger charge is 2.32. The number of aryl methyl sites for hydroxylation is 2. The van der Waals surface area contributed by atoms with Gasteiger partial charge in [-0.05, 0) is 31.5 Å². The lowest BCUT2D eigenvalue weighted by Gasteiger charge is -2.11. The molecule has 0 aliphatic carbocycles. The molecule has 0 saturated carbocycles. The number of aromatic carboxylic acids is 1. The first-order valence-corrected chi connectivity index (χ1v) is 6.08. The number of aromatic nitrogens is 2. The smallest absolute Gasteiger partial charge is 0.416 e. The number of carboxylic acid groups (broad SMARTS) is 1. The maximum Gasteiger partial charge on any atom is 0.416 e. The summed E-state index contributed by atoms with van der Waals surface area (Å²) < 4.78 is 39.7. The Morgan fingerprint density at radius 2 is 1.90 bits per heavy atom. The van der Waals surface area contributed by atoms with Gasteiger partial charge in [-0.1, -0.05) is 6.07 Å². The molecule has 1 aromatic carbocycles. The number of carboxylic acids is 1. The van der Waals surface area contributed by atoms with Crippen LogP contribution in [0.15, 0.2) is 18.2 Å². The lowest BCUT2D eigenvalue weighted by atomic mass is 9.96. The summed E-state index contributed by atoms with van der Waals surface area (Å²) in [5.74, 6) is -1.40. The molecule has 21 heavy (non-hydrogen) atoms. The maximum absolute atomic E-state index is 12.7. The summed E-state index contributed by atoms with van der Waals surface area (Å²) in [6.07, 6.45) is -4.58. The van der Waals surface area contributed by atoms with Crippen LogP contribution in [0.3, 0.4) is 0 Å². The van der Waals surface area contributed by atoms with Crippen molar-refractivity contribution in [1.82, 2.24) is 9.78 Å². The fourth-order valence-electron chi connectivity index (χ4n) is 2.28. The van der Waals surface area contributed by atoms with E-state index in [1.54, 1.807) is 25.6 Å². The SMILES string of the molecule is Cc1nn(C)c(C)c1-c1ccc(C(F)(F)F)cc1C(=O)O. The topological polar surface area (TPSA) is 55.1 Å². The first-order valence-electron chi connectivity index (χ1n) is 6.08. The summed E-state index contributed by atoms with van der Waals surface area (Å²) in [7, 11) is 1.69. The summed E-state index contributed by atoms with van der Waals surface area (Å²) in [4.78, 5) is 11.3. The van der Waals surface area contributed by atoms with Crippen molar-refractivity contribution in [3.05, 3.63) is 40.7 Å². The number of hydrogen-bond donors (Lipinski definition) is 1. The quantitative estimate of drug-likeness (QED) is 0.924. The van der Waals surface area contributed by atoms with Gasteiger partial charge in [-0.3, -0.25) is 4.68 Å². The standard InChI is InChI=1S/C14H13F3N2O2/c1-7-12(8(2)19(3)18-7)10-5-4-9(14(15,16)17)6-11(10)13(20)21/h4-6H,1-3H3,(H,20,21). The highest BCUT2D eigenvalue weighted by Crippen LogP contribution is 2.35. The zero-order chi connectivity index (χ0) is 15.9. The Bertz CT molecular complexity index is 718. The van der Waals surface area contributed by atoms with Crippen LogP contribution in [0.5, 0.6) is 0 Å². The third-order valence-corrected chi connectivity index (χ3v) is 3.36. The van der Waals surface area contributed by atoms with E-state index in [2.05, 4.69) is 5.10 Å². The minimum Gasteiger partial charge on any atom is -0.478 e. The Balaban J connectivity index is 2.73. The van der Waals surface area contributed by atoms with Gasteiger partial charge in [-0.15, -0.1) is 0 Å². The number of hydrogen-bond acceptors (Lipinski definition) is 2. The highest BCUT2D eigenvalue weighted by molar-refractivity contribution is 5.97. The van der Waals surface area contributed by atoms with Gasteiger partial charge < -0.3 is 5.11 Å². The summed E-state index contributed by atoms with van der Waals surface area (Å²) in [5.41, 5.74) is 0.668. The Labute approximate surface area is 118 Å². The summed E-state index contributed by atoms with van der Waals surface area (Å²) in [6, 6.07) is 2.72. The number of benzene rings is 1. The monoisotopic (exact) mass is 298 g/mol. The molecule has 0 unspecified atom stereocenters. The van der Waals surface area contributed by atoms with E-state index in [-0.39, 0.29) is 11.1 Å². The van der Waals surface area contributed by atoms with Gasteiger partial charge in [0.1, 0.15) is 0 Å². The molecule has 0 atom stereocenters. The van der Waals surface area contributed by atoms with E-state index in [0.717, 1.165) is 6.07 Å². The van der Waals surface area contributed by atoms with Crippen molar-refractivity contribution in [1.29, 1.82) is 0 Å². The predicted octanol–water partition coefficient (Wildman–Crippen LogP) is 3.42. The van der Waals surface area contributed by atoms with Crippen molar-refractivity contribution >= 4 is 5.97 Å². The second-order valence-corrected chi connectivity index (χ2v) is 4.73. The van der Waals surface area contributed by atoms with Crippen LogP contribution < -0.4 is 0 Å². The molecule has 0 fully saturated rings. The minimum atomic E-state index is -4.58. The molecular formula is C14H13F3N2O2. The van der Waals surface area contributed by atoms with Crippen LogP contribution >= 0.6 is 0 Å². The van der Waals surface area contributed by atoms with E-state index >= 15 is 0 Å². The number of carbonyl (C=O) groups is 1. The van der Waals surface area contributed by atoms with Crippen LogP contribution in [0.25, 0.3) is 11.1 Å². The lowest BCUT2D eigenvalue weighted by molar-refractivity contribution is -0.137. The van der Waals surface area contributed by atoms with Crippen molar-refractivity contribution in [3.63, 3.8) is 0 Å². The molecule has 2 aromatic rings. The van der Waals surface area contributed by atoms with Gasteiger partial charge in [0.05, 0.1) is 16.8 Å². The molecule has 1 aromatic heterocycles. The molecule has 0 bridgehead atoms. The van der Waals surface area contributed by atoms with Gasteiger partial charge in [0.15, 0.2) is 0 Å². The molecule has 112 valence electrons. The van der Waals surface area contributed by atoms with E-state index in [0.29, 0.717) is 23.0 Å². The van der Waals surface area contributed by atoms with E-state index in [4.69, 9.17) is 0 Å². The molecule has 0 saturated heterocycles. The molecule has 4 nitrogen and oxygen atoms in total. The Morgan fingerprint density at radius 1 is 1.29 bits per heavy atom. The average Bonchev–Trinajstić information content (AvgIpc) is 2.61. The van der Waals surface area contributed by atoms with Gasteiger partial charge >= 0.3 is 12.1 Å². The molecule has 0 radical (unpaired) electrons. The minimum absolute atomic E-state index is 0.235. The number of alkyl halides is 3. The van der Waals surface area contributed by atoms with Gasteiger partial charge in [0.2, 0.25) is 0 Å². The number of rotatable bonds is 2. The molecule has 0 amide bonds. The zero-order valence-corrected chi connectivity index (χ0v) is 11.6. The van der Waals surface area contributed by atoms with Gasteiger partial charge in [0, 0.05) is 18.3 Å². The van der Waals surface area contributed by atoms with E-state index < -0.39 is 17.7 Å². The number of halogens is 3. The first-order chi connectivity index (χ1) is 9.62. The van der Waals surface area contributed by atoms with Crippen LogP contribution in [0.2, 0.25) is 0 Å². The highest BCUT2D eigenvalue weighted by atomic mass is 19.4. The first kappa shape index (κ1) is 15.1. The Morgan fingerprint density at radius 3 is 2.33 bits per heavy atom. The third-order valence-electron chi connectivity index (χ3n) is 3.36. The number of nitrogens with zero attached hydrogens (tertiary/aromatic N) is 2. The maximum atomic E-state index is 12.7. The fraction of sp³-hybridized carbons (Fsp3) is 0.286. The van der Waals surface area contributed by atoms with Crippen molar-refractivity contribution in [2.45, 2.75) is 20.0 Å². The summed E-state index contributed by atoms with van der Waals surface area (Å²) in [5, 5.41) is 13.4. The molecular weight excluding hydrogens is 285 g/mol. The van der Waals surface area contributed by atoms with Crippen LogP contribution in [0.4, 0.5) is 13.2 Å². The summed E-state index contributed by atoms with van der Waals surface area (Å²) in [6.45, 7) is 3.42. The van der Waals surface area contributed by atoms with E-state index in [1.807, 2.05) is 0 Å².